The van der Waals surface area contributed by atoms with E-state index in [1.165, 1.54) is 6.08 Å². The highest BCUT2D eigenvalue weighted by Crippen LogP contribution is 2.34. The van der Waals surface area contributed by atoms with Gasteiger partial charge in [-0.05, 0) is 31.0 Å². The van der Waals surface area contributed by atoms with Gasteiger partial charge in [0, 0.05) is 18.7 Å². The van der Waals surface area contributed by atoms with Crippen molar-refractivity contribution in [2.75, 3.05) is 18.0 Å². The Morgan fingerprint density at radius 1 is 1.35 bits per heavy atom. The molecule has 1 aromatic rings. The lowest BCUT2D eigenvalue weighted by Gasteiger charge is -2.30. The standard InChI is InChI=1S/C14H15ClF3NO/c1-9(20)10-2-3-13(12(15)8-10)19-6-4-11(5-7-19)14(16,17)18/h2-4,8-9,20H,5-7H2,1H3/t9-/m1/s1. The fourth-order valence-corrected chi connectivity index (χ4v) is 2.49. The Bertz CT molecular complexity index is 526. The van der Waals surface area contributed by atoms with Crippen LogP contribution >= 0.6 is 11.6 Å². The van der Waals surface area contributed by atoms with E-state index in [9.17, 15) is 18.3 Å². The number of hydrogen-bond acceptors (Lipinski definition) is 2. The van der Waals surface area contributed by atoms with Crippen molar-refractivity contribution in [2.45, 2.75) is 25.6 Å². The average Bonchev–Trinajstić information content (AvgIpc) is 2.37. The molecular formula is C14H15ClF3NO. The highest BCUT2D eigenvalue weighted by Gasteiger charge is 2.34. The van der Waals surface area contributed by atoms with Crippen molar-refractivity contribution in [2.24, 2.45) is 0 Å². The molecule has 1 aliphatic heterocycles. The van der Waals surface area contributed by atoms with Crippen LogP contribution < -0.4 is 4.90 Å². The van der Waals surface area contributed by atoms with Gasteiger partial charge in [0.25, 0.3) is 0 Å². The topological polar surface area (TPSA) is 23.5 Å². The van der Waals surface area contributed by atoms with Crippen LogP contribution in [0.25, 0.3) is 0 Å². The molecule has 1 aromatic carbocycles. The Labute approximate surface area is 120 Å². The molecule has 0 spiro atoms. The van der Waals surface area contributed by atoms with Gasteiger partial charge in [-0.2, -0.15) is 13.2 Å². The van der Waals surface area contributed by atoms with Crippen molar-refractivity contribution < 1.29 is 18.3 Å². The first-order valence-electron chi connectivity index (χ1n) is 6.27. The molecule has 2 rings (SSSR count). The fraction of sp³-hybridized carbons (Fsp3) is 0.429. The van der Waals surface area contributed by atoms with Crippen molar-refractivity contribution in [3.8, 4) is 0 Å². The summed E-state index contributed by atoms with van der Waals surface area (Å²) in [5.74, 6) is 0. The van der Waals surface area contributed by atoms with E-state index in [-0.39, 0.29) is 19.5 Å². The van der Waals surface area contributed by atoms with Gasteiger partial charge in [0.2, 0.25) is 0 Å². The summed E-state index contributed by atoms with van der Waals surface area (Å²) in [7, 11) is 0. The van der Waals surface area contributed by atoms with E-state index in [1.54, 1.807) is 30.0 Å². The second-order valence-corrected chi connectivity index (χ2v) is 5.22. The number of aliphatic hydroxyl groups excluding tert-OH is 1. The summed E-state index contributed by atoms with van der Waals surface area (Å²) in [4.78, 5) is 1.80. The van der Waals surface area contributed by atoms with Gasteiger partial charge in [0.15, 0.2) is 0 Å². The summed E-state index contributed by atoms with van der Waals surface area (Å²) in [6.07, 6.45) is -3.72. The van der Waals surface area contributed by atoms with Gasteiger partial charge in [-0.3, -0.25) is 0 Å². The largest absolute Gasteiger partial charge is 0.412 e. The van der Waals surface area contributed by atoms with Crippen molar-refractivity contribution in [3.05, 3.63) is 40.4 Å². The third kappa shape index (κ3) is 3.27. The lowest BCUT2D eigenvalue weighted by molar-refractivity contribution is -0.0943. The number of benzene rings is 1. The van der Waals surface area contributed by atoms with Crippen molar-refractivity contribution >= 4 is 17.3 Å². The van der Waals surface area contributed by atoms with Gasteiger partial charge in [-0.1, -0.05) is 23.7 Å². The first kappa shape index (κ1) is 15.2. The van der Waals surface area contributed by atoms with Crippen LogP contribution in [0.2, 0.25) is 5.02 Å². The number of hydrogen-bond donors (Lipinski definition) is 1. The van der Waals surface area contributed by atoms with E-state index in [2.05, 4.69) is 0 Å². The fourth-order valence-electron chi connectivity index (χ4n) is 2.18. The summed E-state index contributed by atoms with van der Waals surface area (Å²) in [6.45, 7) is 2.09. The van der Waals surface area contributed by atoms with Crippen molar-refractivity contribution in [3.63, 3.8) is 0 Å². The first-order chi connectivity index (χ1) is 9.29. The Morgan fingerprint density at radius 2 is 2.05 bits per heavy atom. The number of nitrogens with zero attached hydrogens (tertiary/aromatic N) is 1. The van der Waals surface area contributed by atoms with E-state index in [4.69, 9.17) is 11.6 Å². The Hall–Kier alpha value is -1.20. The van der Waals surface area contributed by atoms with Crippen LogP contribution in [0.15, 0.2) is 29.8 Å². The quantitative estimate of drug-likeness (QED) is 0.832. The number of alkyl halides is 3. The average molecular weight is 306 g/mol. The van der Waals surface area contributed by atoms with Crippen LogP contribution in [-0.4, -0.2) is 24.4 Å². The SMILES string of the molecule is C[C@@H](O)c1ccc(N2CC=C(C(F)(F)F)CC2)c(Cl)c1. The Kier molecular flexibility index (Phi) is 4.30. The van der Waals surface area contributed by atoms with Gasteiger partial charge in [0.05, 0.1) is 16.8 Å². The maximum atomic E-state index is 12.6. The zero-order chi connectivity index (χ0) is 14.9. The van der Waals surface area contributed by atoms with E-state index in [0.717, 1.165) is 0 Å². The van der Waals surface area contributed by atoms with Crippen molar-refractivity contribution in [1.82, 2.24) is 0 Å². The number of rotatable bonds is 2. The summed E-state index contributed by atoms with van der Waals surface area (Å²) in [5, 5.41) is 9.90. The van der Waals surface area contributed by atoms with Crippen LogP contribution in [0, 0.1) is 0 Å². The Balaban J connectivity index is 2.17. The van der Waals surface area contributed by atoms with Gasteiger partial charge in [0.1, 0.15) is 0 Å². The normalized spacial score (nSPS) is 17.9. The third-order valence-electron chi connectivity index (χ3n) is 3.37. The molecule has 0 saturated heterocycles. The zero-order valence-electron chi connectivity index (χ0n) is 10.9. The number of anilines is 1. The Morgan fingerprint density at radius 3 is 2.50 bits per heavy atom. The maximum absolute atomic E-state index is 12.6. The predicted octanol–water partition coefficient (Wildman–Crippen LogP) is 4.09. The van der Waals surface area contributed by atoms with Crippen LogP contribution in [0.4, 0.5) is 18.9 Å². The molecular weight excluding hydrogens is 291 g/mol. The van der Waals surface area contributed by atoms with E-state index < -0.39 is 17.9 Å². The zero-order valence-corrected chi connectivity index (χ0v) is 11.7. The molecule has 2 nitrogen and oxygen atoms in total. The highest BCUT2D eigenvalue weighted by atomic mass is 35.5. The molecule has 0 unspecified atom stereocenters. The molecule has 0 bridgehead atoms. The number of halogens is 4. The predicted molar refractivity (Wildman–Crippen MR) is 73.1 cm³/mol. The van der Waals surface area contributed by atoms with Crippen LogP contribution in [0.5, 0.6) is 0 Å². The molecule has 1 aliphatic rings. The van der Waals surface area contributed by atoms with E-state index in [1.807, 2.05) is 0 Å². The van der Waals surface area contributed by atoms with E-state index >= 15 is 0 Å². The molecule has 6 heteroatoms. The van der Waals surface area contributed by atoms with Crippen molar-refractivity contribution in [1.29, 1.82) is 0 Å². The van der Waals surface area contributed by atoms with Crippen LogP contribution in [0.3, 0.4) is 0 Å². The molecule has 0 saturated carbocycles. The lowest BCUT2D eigenvalue weighted by Crippen LogP contribution is -2.32. The van der Waals surface area contributed by atoms with Gasteiger partial charge in [-0.25, -0.2) is 0 Å². The molecule has 0 amide bonds. The minimum atomic E-state index is -4.24. The molecule has 0 aromatic heterocycles. The highest BCUT2D eigenvalue weighted by molar-refractivity contribution is 6.33. The molecule has 1 atom stereocenters. The van der Waals surface area contributed by atoms with Crippen LogP contribution in [-0.2, 0) is 0 Å². The minimum absolute atomic E-state index is 0.0437. The molecule has 0 aliphatic carbocycles. The maximum Gasteiger partial charge on any atom is 0.412 e. The van der Waals surface area contributed by atoms with Gasteiger partial charge >= 0.3 is 6.18 Å². The molecule has 0 radical (unpaired) electrons. The summed E-state index contributed by atoms with van der Waals surface area (Å²) >= 11 is 6.14. The molecule has 0 fully saturated rings. The monoisotopic (exact) mass is 305 g/mol. The summed E-state index contributed by atoms with van der Waals surface area (Å²) in [5.41, 5.74) is 0.890. The van der Waals surface area contributed by atoms with Crippen LogP contribution in [0.1, 0.15) is 25.0 Å². The molecule has 20 heavy (non-hydrogen) atoms. The molecule has 110 valence electrons. The van der Waals surface area contributed by atoms with Gasteiger partial charge in [-0.15, -0.1) is 0 Å². The first-order valence-corrected chi connectivity index (χ1v) is 6.65. The lowest BCUT2D eigenvalue weighted by atomic mass is 10.1. The summed E-state index contributed by atoms with van der Waals surface area (Å²) < 4.78 is 37.7. The van der Waals surface area contributed by atoms with Gasteiger partial charge < -0.3 is 10.0 Å². The third-order valence-corrected chi connectivity index (χ3v) is 3.67. The van der Waals surface area contributed by atoms with E-state index in [0.29, 0.717) is 16.3 Å². The number of aliphatic hydroxyl groups is 1. The summed E-state index contributed by atoms with van der Waals surface area (Å²) in [6, 6.07) is 5.11. The minimum Gasteiger partial charge on any atom is -0.389 e. The second kappa shape index (κ2) is 5.66. The second-order valence-electron chi connectivity index (χ2n) is 4.81. The molecule has 1 heterocycles. The molecule has 1 N–H and O–H groups in total. The smallest absolute Gasteiger partial charge is 0.389 e.